The highest BCUT2D eigenvalue weighted by Crippen LogP contribution is 2.47. The van der Waals surface area contributed by atoms with Crippen LogP contribution in [0.3, 0.4) is 0 Å². The smallest absolute Gasteiger partial charge is 0.410 e. The number of benzene rings is 6. The summed E-state index contributed by atoms with van der Waals surface area (Å²) in [7, 11) is 0. The van der Waals surface area contributed by atoms with Crippen LogP contribution in [0.15, 0.2) is 146 Å². The average Bonchev–Trinajstić information content (AvgIpc) is 1.63. The van der Waals surface area contributed by atoms with Crippen molar-refractivity contribution in [2.75, 3.05) is 98.5 Å². The first-order chi connectivity index (χ1) is 51.6. The molecule has 2 heterocycles. The predicted octanol–water partition coefficient (Wildman–Crippen LogP) is 16.8. The summed E-state index contributed by atoms with van der Waals surface area (Å²) in [5.74, 6) is -5.26. The van der Waals surface area contributed by atoms with Gasteiger partial charge in [0.05, 0.1) is 25.3 Å². The number of halogens is 3. The SMILES string of the molecule is C.C.C.C.C.C.CCCN(CC(=O)O)C(=O)OCC1c2ccccc2-c2ccccc21.CCCNCC(=O)O.CCN(CCCC(=O)O)C(=O)OCC1c2ccccc2-c2ccccc21.CCNCCCC(=O)O.CCO[C@@H]1C[C@@H](C(=O)O)N(C(=O)OCC2c3ccccc3-c3ccccc32)C1.CCO[C@H]1CN[C@H](C(=O)O)C1.Cl.Cl.Cl. The Morgan fingerprint density at radius 2 is 0.828 bits per heavy atom. The van der Waals surface area contributed by atoms with Crippen LogP contribution in [-0.4, -0.2) is 222 Å². The molecule has 0 radical (unpaired) electrons. The van der Waals surface area contributed by atoms with Crippen molar-refractivity contribution in [1.29, 1.82) is 0 Å². The third-order valence-electron chi connectivity index (χ3n) is 18.2. The number of aliphatic carboxylic acids is 6. The van der Waals surface area contributed by atoms with E-state index in [1.165, 1.54) is 32.1 Å². The van der Waals surface area contributed by atoms with E-state index in [0.29, 0.717) is 58.7 Å². The first kappa shape index (κ1) is 113. The minimum absolute atomic E-state index is 0. The van der Waals surface area contributed by atoms with Crippen molar-refractivity contribution in [1.82, 2.24) is 30.7 Å². The van der Waals surface area contributed by atoms with Crippen molar-refractivity contribution < 1.29 is 97.5 Å². The van der Waals surface area contributed by atoms with Crippen LogP contribution in [0.5, 0.6) is 0 Å². The first-order valence-electron chi connectivity index (χ1n) is 36.6. The van der Waals surface area contributed by atoms with E-state index in [4.69, 9.17) is 49.2 Å². The number of carbonyl (C=O) groups is 9. The van der Waals surface area contributed by atoms with Gasteiger partial charge in [0.15, 0.2) is 0 Å². The molecule has 29 heteroatoms. The monoisotopic (exact) mass is 1680 g/mol. The zero-order chi connectivity index (χ0) is 77.8. The number of carboxylic acids is 6. The van der Waals surface area contributed by atoms with Gasteiger partial charge in [-0.15, -0.1) is 37.2 Å². The number of hydrogen-bond donors (Lipinski definition) is 9. The van der Waals surface area contributed by atoms with Crippen molar-refractivity contribution in [3.63, 3.8) is 0 Å². The fraction of sp³-hybridized carbons (Fsp3) is 0.483. The van der Waals surface area contributed by atoms with Gasteiger partial charge in [-0.25, -0.2) is 19.2 Å². The number of hydrogen-bond acceptors (Lipinski definition) is 17. The lowest BCUT2D eigenvalue weighted by molar-refractivity contribution is -0.142. The van der Waals surface area contributed by atoms with Crippen molar-refractivity contribution in [2.24, 2.45) is 0 Å². The van der Waals surface area contributed by atoms with E-state index < -0.39 is 60.1 Å². The standard InChI is InChI=1S/C22H23NO5.C21H23NO4.C20H21NO4.C7H13NO3.C6H13NO2.C5H11NO2.6CH4.3ClH/c1-2-27-14-11-20(21(24)25)23(12-14)22(26)28-13-19-17-9-5-3-7-15(17)16-8-4-6-10-18(16)19;1-2-22(13-7-12-20(23)24)21(25)26-14-19-17-10-5-3-8-15(17)16-9-4-6-11-18(16)19;1-2-11-21(12-19(22)23)20(24)25-13-18-16-9-5-3-7-14(16)15-8-4-6-10-17(15)18;1-2-11-5-3-6(7(9)10)8-4-5;1-2-7-5-3-4-6(8)9;1-2-3-6-4-5(7)8;;;;;;;;;/h3-10,14,19-20H,2,11-13H2,1H3,(H,24,25);3-6,8-11,19H,2,7,12-14H2,1H3,(H,23,24);3-10,18H,2,11-13H2,1H3,(H,22,23);5-6,8H,2-4H2,1H3,(H,9,10);7H,2-5H2,1H3,(H,8,9);6H,2-4H2,1H3,(H,7,8);6*1H4;3*1H/t14-,20+;;;5-,6+;;;;;;;;;;;/m1..1.........../s1. The van der Waals surface area contributed by atoms with Crippen molar-refractivity contribution in [2.45, 2.75) is 180 Å². The summed E-state index contributed by atoms with van der Waals surface area (Å²) >= 11 is 0. The molecule has 2 aliphatic heterocycles. The highest BCUT2D eigenvalue weighted by atomic mass is 35.5. The quantitative estimate of drug-likeness (QED) is 0.0149. The molecule has 0 spiro atoms. The Kier molecular flexibility index (Phi) is 58.6. The second-order valence-electron chi connectivity index (χ2n) is 25.7. The highest BCUT2D eigenvalue weighted by molar-refractivity contribution is 5.86. The second kappa shape index (κ2) is 60.2. The number of likely N-dealkylation sites (tertiary alicyclic amines) is 1. The van der Waals surface area contributed by atoms with E-state index >= 15 is 0 Å². The summed E-state index contributed by atoms with van der Waals surface area (Å²) in [5, 5.41) is 60.6. The molecule has 2 fully saturated rings. The normalized spacial score (nSPS) is 14.7. The van der Waals surface area contributed by atoms with Gasteiger partial charge in [-0.1, -0.05) is 211 Å². The summed E-state index contributed by atoms with van der Waals surface area (Å²) < 4.78 is 27.4. The van der Waals surface area contributed by atoms with Gasteiger partial charge in [0.25, 0.3) is 0 Å². The summed E-state index contributed by atoms with van der Waals surface area (Å²) in [6.45, 7) is 17.7. The molecular formula is C87H131Cl3N6O20. The number of rotatable bonds is 30. The summed E-state index contributed by atoms with van der Waals surface area (Å²) in [4.78, 5) is 105. The minimum atomic E-state index is -1.04. The Labute approximate surface area is 706 Å². The van der Waals surface area contributed by atoms with Gasteiger partial charge in [0, 0.05) is 82.8 Å². The van der Waals surface area contributed by atoms with Gasteiger partial charge < -0.3 is 75.2 Å². The number of nitrogens with one attached hydrogen (secondary N) is 3. The van der Waals surface area contributed by atoms with Crippen LogP contribution in [0.4, 0.5) is 14.4 Å². The first-order valence-corrected chi connectivity index (χ1v) is 36.6. The van der Waals surface area contributed by atoms with Crippen LogP contribution in [0.1, 0.15) is 189 Å². The number of carbonyl (C=O) groups excluding carboxylic acids is 3. The van der Waals surface area contributed by atoms with E-state index in [1.807, 2.05) is 114 Å². The lowest BCUT2D eigenvalue weighted by Gasteiger charge is -2.22. The van der Waals surface area contributed by atoms with Crippen LogP contribution in [0, 0.1) is 0 Å². The molecule has 4 atom stereocenters. The number of ether oxygens (including phenoxy) is 5. The second-order valence-corrected chi connectivity index (χ2v) is 25.7. The van der Waals surface area contributed by atoms with Crippen molar-refractivity contribution in [3.8, 4) is 33.4 Å². The number of amides is 3. The molecule has 0 bridgehead atoms. The third kappa shape index (κ3) is 34.4. The molecule has 11 rings (SSSR count). The molecule has 6 aromatic rings. The summed E-state index contributed by atoms with van der Waals surface area (Å²) in [6, 6.07) is 47.5. The molecule has 650 valence electrons. The third-order valence-corrected chi connectivity index (χ3v) is 18.2. The summed E-state index contributed by atoms with van der Waals surface area (Å²) in [6.07, 6.45) is 2.24. The zero-order valence-corrected chi connectivity index (χ0v) is 65.6. The molecule has 116 heavy (non-hydrogen) atoms. The molecule has 3 amide bonds. The van der Waals surface area contributed by atoms with Crippen molar-refractivity contribution >= 4 is 91.3 Å². The molecule has 0 aromatic heterocycles. The van der Waals surface area contributed by atoms with Gasteiger partial charge in [0.1, 0.15) is 38.4 Å². The van der Waals surface area contributed by atoms with Gasteiger partial charge >= 0.3 is 54.1 Å². The maximum Gasteiger partial charge on any atom is 0.410 e. The largest absolute Gasteiger partial charge is 0.481 e. The van der Waals surface area contributed by atoms with E-state index in [-0.39, 0.29) is 177 Å². The highest BCUT2D eigenvalue weighted by Gasteiger charge is 2.42. The predicted molar refractivity (Wildman–Crippen MR) is 465 cm³/mol. The van der Waals surface area contributed by atoms with Gasteiger partial charge in [0.2, 0.25) is 0 Å². The number of nitrogens with zero attached hydrogens (tertiary/aromatic N) is 3. The van der Waals surface area contributed by atoms with Gasteiger partial charge in [-0.05, 0) is 133 Å². The van der Waals surface area contributed by atoms with E-state index in [1.54, 1.807) is 4.90 Å². The Hall–Kier alpha value is -9.38. The molecular weight excluding hydrogens is 1560 g/mol. The van der Waals surface area contributed by atoms with E-state index in [2.05, 4.69) is 88.7 Å². The van der Waals surface area contributed by atoms with Gasteiger partial charge in [-0.2, -0.15) is 0 Å². The van der Waals surface area contributed by atoms with Crippen LogP contribution in [0.2, 0.25) is 0 Å². The van der Waals surface area contributed by atoms with Crippen LogP contribution >= 0.6 is 37.2 Å². The van der Waals surface area contributed by atoms with Crippen LogP contribution in [0.25, 0.3) is 33.4 Å². The minimum Gasteiger partial charge on any atom is -0.481 e. The van der Waals surface area contributed by atoms with Crippen molar-refractivity contribution in [3.05, 3.63) is 179 Å². The lowest BCUT2D eigenvalue weighted by atomic mass is 9.98. The molecule has 6 aromatic carbocycles. The molecule has 9 N–H and O–H groups in total. The maximum absolute atomic E-state index is 12.7. The fourth-order valence-electron chi connectivity index (χ4n) is 13.3. The maximum atomic E-state index is 12.7. The number of carboxylic acid groups (broad SMARTS) is 6. The zero-order valence-electron chi connectivity index (χ0n) is 63.1. The Morgan fingerprint density at radius 3 is 1.16 bits per heavy atom. The average molecular weight is 1690 g/mol. The summed E-state index contributed by atoms with van der Waals surface area (Å²) in [5.41, 5.74) is 13.9. The fourth-order valence-corrected chi connectivity index (χ4v) is 13.3. The van der Waals surface area contributed by atoms with E-state index in [0.717, 1.165) is 77.0 Å². The Balaban J connectivity index is -0.000000674. The number of fused-ring (bicyclic) bond motifs is 9. The molecule has 2 saturated heterocycles. The lowest BCUT2D eigenvalue weighted by Crippen LogP contribution is -2.41. The topological polar surface area (TPSA) is 367 Å². The molecule has 26 nitrogen and oxygen atoms in total. The molecule has 3 aliphatic carbocycles. The van der Waals surface area contributed by atoms with Gasteiger partial charge in [-0.3, -0.25) is 33.8 Å². The van der Waals surface area contributed by atoms with Crippen LogP contribution < -0.4 is 16.0 Å². The Morgan fingerprint density at radius 1 is 0.440 bits per heavy atom. The van der Waals surface area contributed by atoms with Crippen LogP contribution in [-0.2, 0) is 52.5 Å². The molecule has 5 aliphatic rings. The molecule has 0 unspecified atom stereocenters. The van der Waals surface area contributed by atoms with E-state index in [9.17, 15) is 48.3 Å². The molecule has 0 saturated carbocycles. The Bertz CT molecular complexity index is 3760.